The van der Waals surface area contributed by atoms with E-state index in [1.54, 1.807) is 7.11 Å². The van der Waals surface area contributed by atoms with Gasteiger partial charge in [-0.05, 0) is 25.5 Å². The van der Waals surface area contributed by atoms with Crippen LogP contribution in [-0.4, -0.2) is 27.0 Å². The third-order valence-corrected chi connectivity index (χ3v) is 3.39. The summed E-state index contributed by atoms with van der Waals surface area (Å²) >= 11 is 0. The SMILES string of the molecule is C#CCNc1ccc(P(C)C)c(OC)c1. The highest BCUT2D eigenvalue weighted by Crippen LogP contribution is 2.30. The van der Waals surface area contributed by atoms with E-state index in [1.165, 1.54) is 5.30 Å². The summed E-state index contributed by atoms with van der Waals surface area (Å²) in [6, 6.07) is 6.13. The van der Waals surface area contributed by atoms with Gasteiger partial charge in [0, 0.05) is 17.1 Å². The molecule has 1 aromatic carbocycles. The summed E-state index contributed by atoms with van der Waals surface area (Å²) in [7, 11) is 1.56. The number of ether oxygens (including phenoxy) is 1. The number of hydrogen-bond acceptors (Lipinski definition) is 2. The van der Waals surface area contributed by atoms with Crippen LogP contribution in [0.15, 0.2) is 18.2 Å². The number of hydrogen-bond donors (Lipinski definition) is 1. The van der Waals surface area contributed by atoms with Gasteiger partial charge in [0.05, 0.1) is 13.7 Å². The van der Waals surface area contributed by atoms with Crippen molar-refractivity contribution in [1.82, 2.24) is 0 Å². The Kier molecular flexibility index (Phi) is 4.46. The Labute approximate surface area is 92.8 Å². The fourth-order valence-corrected chi connectivity index (χ4v) is 2.28. The van der Waals surface area contributed by atoms with Gasteiger partial charge in [-0.3, -0.25) is 0 Å². The maximum Gasteiger partial charge on any atom is 0.128 e. The van der Waals surface area contributed by atoms with Gasteiger partial charge in [0.25, 0.3) is 0 Å². The molecule has 0 aromatic heterocycles. The summed E-state index contributed by atoms with van der Waals surface area (Å²) in [5, 5.41) is 4.40. The largest absolute Gasteiger partial charge is 0.496 e. The van der Waals surface area contributed by atoms with E-state index in [1.807, 2.05) is 12.1 Å². The highest BCUT2D eigenvalue weighted by atomic mass is 31.1. The van der Waals surface area contributed by atoms with Crippen molar-refractivity contribution in [2.24, 2.45) is 0 Å². The van der Waals surface area contributed by atoms with Crippen LogP contribution < -0.4 is 15.4 Å². The molecule has 80 valence electrons. The number of nitrogens with one attached hydrogen (secondary N) is 1. The van der Waals surface area contributed by atoms with Crippen LogP contribution in [0, 0.1) is 12.3 Å². The molecule has 0 unspecified atom stereocenters. The molecule has 0 atom stereocenters. The first-order valence-electron chi connectivity index (χ1n) is 4.71. The standard InChI is InChI=1S/C12H16NOP/c1-5-8-13-10-6-7-12(15(3)4)11(9-10)14-2/h1,6-7,9,13H,8H2,2-4H3. The minimum Gasteiger partial charge on any atom is -0.496 e. The van der Waals surface area contributed by atoms with E-state index < -0.39 is 0 Å². The summed E-state index contributed by atoms with van der Waals surface area (Å²) in [6.07, 6.45) is 5.18. The Balaban J connectivity index is 2.93. The molecule has 0 saturated carbocycles. The van der Waals surface area contributed by atoms with Gasteiger partial charge in [-0.25, -0.2) is 0 Å². The van der Waals surface area contributed by atoms with E-state index in [-0.39, 0.29) is 7.92 Å². The first-order chi connectivity index (χ1) is 7.19. The number of rotatable bonds is 4. The third kappa shape index (κ3) is 3.15. The molecule has 0 amide bonds. The van der Waals surface area contributed by atoms with Crippen LogP contribution in [0.2, 0.25) is 0 Å². The molecule has 0 aliphatic carbocycles. The molecule has 15 heavy (non-hydrogen) atoms. The van der Waals surface area contributed by atoms with Crippen LogP contribution >= 0.6 is 7.92 Å². The monoisotopic (exact) mass is 221 g/mol. The maximum atomic E-state index is 5.35. The van der Waals surface area contributed by atoms with Gasteiger partial charge in [-0.2, -0.15) is 0 Å². The van der Waals surface area contributed by atoms with Crippen molar-refractivity contribution in [2.75, 3.05) is 32.3 Å². The van der Waals surface area contributed by atoms with E-state index in [0.29, 0.717) is 6.54 Å². The molecule has 0 radical (unpaired) electrons. The number of benzene rings is 1. The molecule has 0 fully saturated rings. The predicted octanol–water partition coefficient (Wildman–Crippen LogP) is 2.11. The highest BCUT2D eigenvalue weighted by molar-refractivity contribution is 7.64. The summed E-state index contributed by atoms with van der Waals surface area (Å²) in [6.45, 7) is 4.96. The molecular formula is C12H16NOP. The zero-order chi connectivity index (χ0) is 11.3. The molecule has 0 saturated heterocycles. The van der Waals surface area contributed by atoms with Crippen molar-refractivity contribution >= 4 is 18.9 Å². The van der Waals surface area contributed by atoms with Crippen LogP contribution in [0.4, 0.5) is 5.69 Å². The first kappa shape index (κ1) is 11.9. The van der Waals surface area contributed by atoms with Crippen molar-refractivity contribution in [3.05, 3.63) is 18.2 Å². The van der Waals surface area contributed by atoms with Gasteiger partial charge in [-0.15, -0.1) is 6.42 Å². The second-order valence-corrected chi connectivity index (χ2v) is 5.61. The zero-order valence-electron chi connectivity index (χ0n) is 9.37. The summed E-state index contributed by atoms with van der Waals surface area (Å²) < 4.78 is 5.35. The molecule has 0 aliphatic heterocycles. The Hall–Kier alpha value is -1.19. The Bertz CT molecular complexity index is 368. The normalized spacial score (nSPS) is 9.80. The lowest BCUT2D eigenvalue weighted by atomic mass is 10.3. The fourth-order valence-electron chi connectivity index (χ4n) is 1.31. The predicted molar refractivity (Wildman–Crippen MR) is 68.7 cm³/mol. The molecule has 2 nitrogen and oxygen atoms in total. The minimum absolute atomic E-state index is 0.141. The average molecular weight is 221 g/mol. The molecule has 1 aromatic rings. The van der Waals surface area contributed by atoms with Crippen LogP contribution in [-0.2, 0) is 0 Å². The Morgan fingerprint density at radius 3 is 2.73 bits per heavy atom. The molecule has 0 aliphatic rings. The van der Waals surface area contributed by atoms with E-state index >= 15 is 0 Å². The fraction of sp³-hybridized carbons (Fsp3) is 0.333. The van der Waals surface area contributed by atoms with Crippen LogP contribution in [0.5, 0.6) is 5.75 Å². The van der Waals surface area contributed by atoms with Gasteiger partial charge >= 0.3 is 0 Å². The topological polar surface area (TPSA) is 21.3 Å². The van der Waals surface area contributed by atoms with E-state index in [4.69, 9.17) is 11.2 Å². The van der Waals surface area contributed by atoms with Crippen LogP contribution in [0.3, 0.4) is 0 Å². The van der Waals surface area contributed by atoms with Crippen LogP contribution in [0.25, 0.3) is 0 Å². The molecular weight excluding hydrogens is 205 g/mol. The molecule has 0 heterocycles. The van der Waals surface area contributed by atoms with Crippen molar-refractivity contribution in [3.8, 4) is 18.1 Å². The van der Waals surface area contributed by atoms with Gasteiger partial charge in [0.2, 0.25) is 0 Å². The maximum absolute atomic E-state index is 5.35. The quantitative estimate of drug-likeness (QED) is 0.621. The van der Waals surface area contributed by atoms with Gasteiger partial charge in [0.15, 0.2) is 0 Å². The number of anilines is 1. The minimum atomic E-state index is -0.141. The lowest BCUT2D eigenvalue weighted by Crippen LogP contribution is -2.06. The Morgan fingerprint density at radius 2 is 2.20 bits per heavy atom. The molecule has 1 N–H and O–H groups in total. The first-order valence-corrected chi connectivity index (χ1v) is 6.95. The number of methoxy groups -OCH3 is 1. The van der Waals surface area contributed by atoms with Crippen molar-refractivity contribution in [2.45, 2.75) is 0 Å². The van der Waals surface area contributed by atoms with Gasteiger partial charge in [0.1, 0.15) is 5.75 Å². The molecule has 0 spiro atoms. The van der Waals surface area contributed by atoms with Crippen LogP contribution in [0.1, 0.15) is 0 Å². The highest BCUT2D eigenvalue weighted by Gasteiger charge is 2.07. The molecule has 3 heteroatoms. The third-order valence-electron chi connectivity index (χ3n) is 2.06. The van der Waals surface area contributed by atoms with E-state index in [0.717, 1.165) is 11.4 Å². The average Bonchev–Trinajstić information content (AvgIpc) is 2.25. The summed E-state index contributed by atoms with van der Waals surface area (Å²) in [5.74, 6) is 3.48. The lowest BCUT2D eigenvalue weighted by Gasteiger charge is -2.13. The molecule has 0 bridgehead atoms. The molecule has 1 rings (SSSR count). The second-order valence-electron chi connectivity index (χ2n) is 3.34. The summed E-state index contributed by atoms with van der Waals surface area (Å²) in [4.78, 5) is 0. The lowest BCUT2D eigenvalue weighted by molar-refractivity contribution is 0.418. The van der Waals surface area contributed by atoms with Crippen molar-refractivity contribution in [1.29, 1.82) is 0 Å². The van der Waals surface area contributed by atoms with E-state index in [9.17, 15) is 0 Å². The number of terminal acetylenes is 1. The van der Waals surface area contributed by atoms with Gasteiger partial charge < -0.3 is 10.1 Å². The van der Waals surface area contributed by atoms with E-state index in [2.05, 4.69) is 30.6 Å². The van der Waals surface area contributed by atoms with Crippen molar-refractivity contribution < 1.29 is 4.74 Å². The Morgan fingerprint density at radius 1 is 1.47 bits per heavy atom. The zero-order valence-corrected chi connectivity index (χ0v) is 10.3. The van der Waals surface area contributed by atoms with Gasteiger partial charge in [-0.1, -0.05) is 13.8 Å². The second kappa shape index (κ2) is 5.63. The summed E-state index contributed by atoms with van der Waals surface area (Å²) in [5.41, 5.74) is 1.01. The smallest absolute Gasteiger partial charge is 0.128 e. The van der Waals surface area contributed by atoms with Crippen molar-refractivity contribution in [3.63, 3.8) is 0 Å².